The summed E-state index contributed by atoms with van der Waals surface area (Å²) in [6.45, 7) is 6.62. The molecule has 0 aliphatic carbocycles. The number of hydrogen-bond donors (Lipinski definition) is 0. The summed E-state index contributed by atoms with van der Waals surface area (Å²) in [5.74, 6) is 1.70. The van der Waals surface area contributed by atoms with Crippen LogP contribution < -0.4 is 4.74 Å². The van der Waals surface area contributed by atoms with Gasteiger partial charge in [0.2, 0.25) is 0 Å². The third kappa shape index (κ3) is 2.23. The third-order valence-electron chi connectivity index (χ3n) is 2.73. The molecule has 0 amide bonds. The van der Waals surface area contributed by atoms with Crippen LogP contribution >= 0.6 is 0 Å². The molecule has 0 saturated carbocycles. The fourth-order valence-corrected chi connectivity index (χ4v) is 2.04. The van der Waals surface area contributed by atoms with Crippen molar-refractivity contribution in [1.82, 2.24) is 0 Å². The van der Waals surface area contributed by atoms with Gasteiger partial charge in [-0.25, -0.2) is 0 Å². The Bertz CT molecular complexity index is 377. The summed E-state index contributed by atoms with van der Waals surface area (Å²) >= 11 is 0. The smallest absolute Gasteiger partial charge is 0.127 e. The largest absolute Gasteiger partial charge is 0.486 e. The Balaban J connectivity index is 2.24. The van der Waals surface area contributed by atoms with Gasteiger partial charge in [-0.3, -0.25) is 0 Å². The number of rotatable bonds is 2. The lowest BCUT2D eigenvalue weighted by Crippen LogP contribution is -2.20. The predicted octanol–water partition coefficient (Wildman–Crippen LogP) is 3.90. The van der Waals surface area contributed by atoms with Crippen molar-refractivity contribution in [3.63, 3.8) is 0 Å². The van der Waals surface area contributed by atoms with Gasteiger partial charge in [0.25, 0.3) is 0 Å². The van der Waals surface area contributed by atoms with Crippen LogP contribution in [-0.4, -0.2) is 6.10 Å². The summed E-state index contributed by atoms with van der Waals surface area (Å²) in [6, 6.07) is 8.26. The first-order chi connectivity index (χ1) is 7.16. The van der Waals surface area contributed by atoms with E-state index in [9.17, 15) is 0 Å². The SMILES string of the molecule is CC1=CC(CC(C)C)Oc2ccccc21. The van der Waals surface area contributed by atoms with Crippen molar-refractivity contribution in [2.75, 3.05) is 0 Å². The summed E-state index contributed by atoms with van der Waals surface area (Å²) in [6.07, 6.45) is 3.58. The minimum absolute atomic E-state index is 0.250. The van der Waals surface area contributed by atoms with Crippen molar-refractivity contribution < 1.29 is 4.74 Å². The lowest BCUT2D eigenvalue weighted by atomic mass is 9.97. The molecule has 1 unspecified atom stereocenters. The molecule has 1 nitrogen and oxygen atoms in total. The van der Waals surface area contributed by atoms with Crippen molar-refractivity contribution in [2.24, 2.45) is 5.92 Å². The van der Waals surface area contributed by atoms with Gasteiger partial charge in [0.1, 0.15) is 11.9 Å². The quantitative estimate of drug-likeness (QED) is 0.706. The van der Waals surface area contributed by atoms with Crippen LogP contribution in [0.15, 0.2) is 30.3 Å². The number of allylic oxidation sites excluding steroid dienone is 1. The molecule has 1 aliphatic rings. The van der Waals surface area contributed by atoms with Gasteiger partial charge in [-0.2, -0.15) is 0 Å². The molecule has 1 atom stereocenters. The molecule has 0 bridgehead atoms. The van der Waals surface area contributed by atoms with E-state index in [1.165, 1.54) is 11.1 Å². The van der Waals surface area contributed by atoms with E-state index >= 15 is 0 Å². The van der Waals surface area contributed by atoms with Crippen molar-refractivity contribution >= 4 is 5.57 Å². The molecule has 80 valence electrons. The molecule has 1 aromatic rings. The second-order valence-corrected chi connectivity index (χ2v) is 4.63. The second kappa shape index (κ2) is 4.09. The first kappa shape index (κ1) is 10.3. The Morgan fingerprint density at radius 2 is 2.00 bits per heavy atom. The number of para-hydroxylation sites is 1. The van der Waals surface area contributed by atoms with Crippen LogP contribution in [-0.2, 0) is 0 Å². The standard InChI is InChI=1S/C14H18O/c1-10(2)8-12-9-11(3)13-6-4-5-7-14(13)15-12/h4-7,9-10,12H,8H2,1-3H3. The van der Waals surface area contributed by atoms with E-state index in [0.29, 0.717) is 5.92 Å². The molecule has 1 aromatic carbocycles. The first-order valence-corrected chi connectivity index (χ1v) is 5.61. The molecule has 0 aromatic heterocycles. The first-order valence-electron chi connectivity index (χ1n) is 5.61. The van der Waals surface area contributed by atoms with Crippen LogP contribution in [0.3, 0.4) is 0 Å². The highest BCUT2D eigenvalue weighted by Gasteiger charge is 2.18. The minimum atomic E-state index is 0.250. The zero-order valence-corrected chi connectivity index (χ0v) is 9.66. The topological polar surface area (TPSA) is 9.23 Å². The van der Waals surface area contributed by atoms with Crippen molar-refractivity contribution in [2.45, 2.75) is 33.3 Å². The van der Waals surface area contributed by atoms with E-state index < -0.39 is 0 Å². The fraction of sp³-hybridized carbons (Fsp3) is 0.429. The predicted molar refractivity (Wildman–Crippen MR) is 64.0 cm³/mol. The van der Waals surface area contributed by atoms with E-state index in [2.05, 4.69) is 45.0 Å². The minimum Gasteiger partial charge on any atom is -0.486 e. The molecule has 0 N–H and O–H groups in total. The Morgan fingerprint density at radius 1 is 1.27 bits per heavy atom. The van der Waals surface area contributed by atoms with Gasteiger partial charge in [-0.15, -0.1) is 0 Å². The molecule has 0 radical (unpaired) electrons. The van der Waals surface area contributed by atoms with Gasteiger partial charge >= 0.3 is 0 Å². The van der Waals surface area contributed by atoms with Gasteiger partial charge in [0.15, 0.2) is 0 Å². The normalized spacial score (nSPS) is 19.5. The molecule has 15 heavy (non-hydrogen) atoms. The maximum atomic E-state index is 5.94. The van der Waals surface area contributed by atoms with Gasteiger partial charge < -0.3 is 4.74 Å². The van der Waals surface area contributed by atoms with Crippen LogP contribution in [0.4, 0.5) is 0 Å². The van der Waals surface area contributed by atoms with Gasteiger partial charge in [-0.1, -0.05) is 32.0 Å². The number of ether oxygens (including phenoxy) is 1. The van der Waals surface area contributed by atoms with Crippen molar-refractivity contribution in [3.8, 4) is 5.75 Å². The Kier molecular flexibility index (Phi) is 2.81. The zero-order chi connectivity index (χ0) is 10.8. The van der Waals surface area contributed by atoms with Crippen LogP contribution in [0.25, 0.3) is 5.57 Å². The zero-order valence-electron chi connectivity index (χ0n) is 9.66. The van der Waals surface area contributed by atoms with E-state index in [1.807, 2.05) is 6.07 Å². The summed E-state index contributed by atoms with van der Waals surface area (Å²) in [5, 5.41) is 0. The summed E-state index contributed by atoms with van der Waals surface area (Å²) in [5.41, 5.74) is 2.57. The molecule has 1 heteroatoms. The molecule has 1 aliphatic heterocycles. The maximum Gasteiger partial charge on any atom is 0.127 e. The molecule has 0 spiro atoms. The maximum absolute atomic E-state index is 5.94. The molecular formula is C14H18O. The summed E-state index contributed by atoms with van der Waals surface area (Å²) in [7, 11) is 0. The Morgan fingerprint density at radius 3 is 2.73 bits per heavy atom. The number of fused-ring (bicyclic) bond motifs is 1. The highest BCUT2D eigenvalue weighted by atomic mass is 16.5. The van der Waals surface area contributed by atoms with Crippen LogP contribution in [0.1, 0.15) is 32.8 Å². The second-order valence-electron chi connectivity index (χ2n) is 4.63. The molecule has 2 rings (SSSR count). The molecule has 1 heterocycles. The lowest BCUT2D eigenvalue weighted by Gasteiger charge is -2.25. The summed E-state index contributed by atoms with van der Waals surface area (Å²) in [4.78, 5) is 0. The van der Waals surface area contributed by atoms with Gasteiger partial charge in [0.05, 0.1) is 0 Å². The van der Waals surface area contributed by atoms with Gasteiger partial charge in [0, 0.05) is 5.56 Å². The molecular weight excluding hydrogens is 184 g/mol. The highest BCUT2D eigenvalue weighted by molar-refractivity contribution is 5.71. The molecule has 0 fully saturated rings. The molecule has 0 saturated heterocycles. The monoisotopic (exact) mass is 202 g/mol. The summed E-state index contributed by atoms with van der Waals surface area (Å²) < 4.78 is 5.94. The van der Waals surface area contributed by atoms with Crippen LogP contribution in [0.2, 0.25) is 0 Å². The van der Waals surface area contributed by atoms with Crippen LogP contribution in [0.5, 0.6) is 5.75 Å². The average Bonchev–Trinajstić information content (AvgIpc) is 2.16. The van der Waals surface area contributed by atoms with Crippen LogP contribution in [0, 0.1) is 5.92 Å². The van der Waals surface area contributed by atoms with E-state index in [1.54, 1.807) is 0 Å². The average molecular weight is 202 g/mol. The Hall–Kier alpha value is -1.24. The number of benzene rings is 1. The van der Waals surface area contributed by atoms with Crippen molar-refractivity contribution in [3.05, 3.63) is 35.9 Å². The third-order valence-corrected chi connectivity index (χ3v) is 2.73. The van der Waals surface area contributed by atoms with Gasteiger partial charge in [-0.05, 0) is 37.0 Å². The van der Waals surface area contributed by atoms with E-state index in [0.717, 1.165) is 12.2 Å². The lowest BCUT2D eigenvalue weighted by molar-refractivity contribution is 0.215. The van der Waals surface area contributed by atoms with E-state index in [-0.39, 0.29) is 6.10 Å². The fourth-order valence-electron chi connectivity index (χ4n) is 2.04. The Labute approximate surface area is 91.8 Å². The van der Waals surface area contributed by atoms with Crippen molar-refractivity contribution in [1.29, 1.82) is 0 Å². The van der Waals surface area contributed by atoms with E-state index in [4.69, 9.17) is 4.74 Å². The number of hydrogen-bond acceptors (Lipinski definition) is 1. The highest BCUT2D eigenvalue weighted by Crippen LogP contribution is 2.32.